The highest BCUT2D eigenvalue weighted by molar-refractivity contribution is 9.10. The van der Waals surface area contributed by atoms with E-state index in [-0.39, 0.29) is 12.6 Å². The minimum atomic E-state index is -0.697. The summed E-state index contributed by atoms with van der Waals surface area (Å²) in [6.07, 6.45) is 0.641. The number of carbonyl (C=O) groups is 2. The number of ether oxygens (including phenoxy) is 1. The molecular weight excluding hydrogens is 372 g/mol. The van der Waals surface area contributed by atoms with E-state index in [9.17, 15) is 9.59 Å². The van der Waals surface area contributed by atoms with Gasteiger partial charge in [0.2, 0.25) is 0 Å². The van der Waals surface area contributed by atoms with Crippen molar-refractivity contribution in [1.29, 1.82) is 0 Å². The third-order valence-electron chi connectivity index (χ3n) is 3.83. The zero-order chi connectivity index (χ0) is 16.9. The number of fused-ring (bicyclic) bond motifs is 1. The van der Waals surface area contributed by atoms with E-state index < -0.39 is 11.8 Å². The minimum absolute atomic E-state index is 0.224. The molecule has 1 atom stereocenters. The van der Waals surface area contributed by atoms with Gasteiger partial charge in [0, 0.05) is 16.7 Å². The lowest BCUT2D eigenvalue weighted by molar-refractivity contribution is -0.136. The molecule has 2 N–H and O–H groups in total. The number of rotatable bonds is 3. The Hall–Kier alpha value is -2.18. The van der Waals surface area contributed by atoms with E-state index in [2.05, 4.69) is 32.6 Å². The molecule has 0 spiro atoms. The number of hydrogen-bond donors (Lipinski definition) is 2. The first kappa shape index (κ1) is 16.7. The number of halogens is 1. The quantitative estimate of drug-likeness (QED) is 0.794. The number of benzene rings is 2. The Morgan fingerprint density at radius 2 is 1.96 bits per heavy atom. The van der Waals surface area contributed by atoms with Crippen molar-refractivity contribution in [2.75, 3.05) is 18.5 Å². The fraction of sp³-hybridized carbons (Fsp3) is 0.222. The van der Waals surface area contributed by atoms with Crippen LogP contribution in [0.1, 0.15) is 17.2 Å². The summed E-state index contributed by atoms with van der Waals surface area (Å²) >= 11 is 3.32. The first-order valence-corrected chi connectivity index (χ1v) is 8.47. The molecule has 0 aliphatic carbocycles. The SMILES string of the molecule is O=C(NC[C@H]1OCCc2ccccc21)C(=O)Nc1cccc(Br)c1. The van der Waals surface area contributed by atoms with Crippen LogP contribution in [0.5, 0.6) is 0 Å². The monoisotopic (exact) mass is 388 g/mol. The van der Waals surface area contributed by atoms with Crippen molar-refractivity contribution in [3.63, 3.8) is 0 Å². The van der Waals surface area contributed by atoms with Crippen molar-refractivity contribution in [2.24, 2.45) is 0 Å². The van der Waals surface area contributed by atoms with E-state index in [0.29, 0.717) is 12.3 Å². The number of nitrogens with one attached hydrogen (secondary N) is 2. The molecule has 124 valence electrons. The molecule has 2 amide bonds. The Morgan fingerprint density at radius 1 is 1.12 bits per heavy atom. The second kappa shape index (κ2) is 7.59. The summed E-state index contributed by atoms with van der Waals surface area (Å²) in [5, 5.41) is 5.21. The molecule has 0 saturated carbocycles. The predicted molar refractivity (Wildman–Crippen MR) is 94.6 cm³/mol. The molecule has 0 fully saturated rings. The van der Waals surface area contributed by atoms with Crippen molar-refractivity contribution < 1.29 is 14.3 Å². The predicted octanol–water partition coefficient (Wildman–Crippen LogP) is 2.82. The zero-order valence-corrected chi connectivity index (χ0v) is 14.5. The van der Waals surface area contributed by atoms with Gasteiger partial charge in [0.25, 0.3) is 0 Å². The number of hydrogen-bond acceptors (Lipinski definition) is 3. The molecule has 5 nitrogen and oxygen atoms in total. The van der Waals surface area contributed by atoms with Gasteiger partial charge >= 0.3 is 11.8 Å². The highest BCUT2D eigenvalue weighted by atomic mass is 79.9. The fourth-order valence-electron chi connectivity index (χ4n) is 2.67. The molecule has 3 rings (SSSR count). The van der Waals surface area contributed by atoms with Gasteiger partial charge in [-0.1, -0.05) is 46.3 Å². The van der Waals surface area contributed by atoms with Crippen LogP contribution in [0, 0.1) is 0 Å². The van der Waals surface area contributed by atoms with E-state index in [4.69, 9.17) is 4.74 Å². The summed E-state index contributed by atoms with van der Waals surface area (Å²) in [5.41, 5.74) is 2.85. The van der Waals surface area contributed by atoms with Crippen molar-refractivity contribution >= 4 is 33.4 Å². The van der Waals surface area contributed by atoms with Crippen LogP contribution in [0.15, 0.2) is 53.0 Å². The van der Waals surface area contributed by atoms with Crippen molar-refractivity contribution in [1.82, 2.24) is 5.32 Å². The molecule has 6 heteroatoms. The van der Waals surface area contributed by atoms with Crippen LogP contribution < -0.4 is 10.6 Å². The van der Waals surface area contributed by atoms with E-state index >= 15 is 0 Å². The van der Waals surface area contributed by atoms with Gasteiger partial charge in [-0.2, -0.15) is 0 Å². The first-order chi connectivity index (χ1) is 11.6. The van der Waals surface area contributed by atoms with Crippen LogP contribution >= 0.6 is 15.9 Å². The lowest BCUT2D eigenvalue weighted by Crippen LogP contribution is -2.38. The average Bonchev–Trinajstić information content (AvgIpc) is 2.59. The molecule has 2 aromatic rings. The second-order valence-electron chi connectivity index (χ2n) is 5.48. The third kappa shape index (κ3) is 4.01. The third-order valence-corrected chi connectivity index (χ3v) is 4.32. The van der Waals surface area contributed by atoms with Crippen LogP contribution in [0.2, 0.25) is 0 Å². The standard InChI is InChI=1S/C18H17BrN2O3/c19-13-5-3-6-14(10-13)21-18(23)17(22)20-11-16-15-7-2-1-4-12(15)8-9-24-16/h1-7,10,16H,8-9,11H2,(H,20,22)(H,21,23)/t16-/m1/s1. The van der Waals surface area contributed by atoms with Crippen LogP contribution in [0.4, 0.5) is 5.69 Å². The fourth-order valence-corrected chi connectivity index (χ4v) is 3.06. The Labute approximate surface area is 148 Å². The maximum absolute atomic E-state index is 12.0. The van der Waals surface area contributed by atoms with Crippen LogP contribution in [0.3, 0.4) is 0 Å². The van der Waals surface area contributed by atoms with Gasteiger partial charge in [-0.15, -0.1) is 0 Å². The Balaban J connectivity index is 1.57. The molecule has 1 heterocycles. The highest BCUT2D eigenvalue weighted by Crippen LogP contribution is 2.26. The Kier molecular flexibility index (Phi) is 5.27. The molecule has 0 radical (unpaired) electrons. The molecule has 0 saturated heterocycles. The molecule has 2 aromatic carbocycles. The first-order valence-electron chi connectivity index (χ1n) is 7.67. The maximum Gasteiger partial charge on any atom is 0.313 e. The smallest absolute Gasteiger partial charge is 0.313 e. The summed E-state index contributed by atoms with van der Waals surface area (Å²) in [5.74, 6) is -1.38. The number of anilines is 1. The van der Waals surface area contributed by atoms with Gasteiger partial charge in [-0.25, -0.2) is 0 Å². The van der Waals surface area contributed by atoms with Gasteiger partial charge in [0.1, 0.15) is 6.10 Å². The van der Waals surface area contributed by atoms with Crippen LogP contribution in [-0.2, 0) is 20.7 Å². The van der Waals surface area contributed by atoms with Crippen molar-refractivity contribution in [2.45, 2.75) is 12.5 Å². The van der Waals surface area contributed by atoms with Crippen LogP contribution in [-0.4, -0.2) is 25.0 Å². The van der Waals surface area contributed by atoms with Crippen molar-refractivity contribution in [3.8, 4) is 0 Å². The van der Waals surface area contributed by atoms with Gasteiger partial charge in [0.05, 0.1) is 6.61 Å². The van der Waals surface area contributed by atoms with Gasteiger partial charge in [0.15, 0.2) is 0 Å². The molecule has 24 heavy (non-hydrogen) atoms. The Morgan fingerprint density at radius 3 is 2.79 bits per heavy atom. The summed E-state index contributed by atoms with van der Waals surface area (Å²) in [4.78, 5) is 24.0. The summed E-state index contributed by atoms with van der Waals surface area (Å²) < 4.78 is 6.54. The molecular formula is C18H17BrN2O3. The maximum atomic E-state index is 12.0. The molecule has 0 unspecified atom stereocenters. The van der Waals surface area contributed by atoms with Crippen LogP contribution in [0.25, 0.3) is 0 Å². The molecule has 0 aromatic heterocycles. The molecule has 1 aliphatic rings. The number of amides is 2. The molecule has 0 bridgehead atoms. The Bertz CT molecular complexity index is 763. The summed E-state index contributed by atoms with van der Waals surface area (Å²) in [7, 11) is 0. The summed E-state index contributed by atoms with van der Waals surface area (Å²) in [6, 6.07) is 15.1. The van der Waals surface area contributed by atoms with E-state index in [1.54, 1.807) is 18.2 Å². The van der Waals surface area contributed by atoms with Gasteiger partial charge < -0.3 is 15.4 Å². The average molecular weight is 389 g/mol. The van der Waals surface area contributed by atoms with Crippen molar-refractivity contribution in [3.05, 3.63) is 64.1 Å². The largest absolute Gasteiger partial charge is 0.371 e. The van der Waals surface area contributed by atoms with E-state index in [1.165, 1.54) is 5.56 Å². The molecule has 1 aliphatic heterocycles. The lowest BCUT2D eigenvalue weighted by atomic mass is 9.97. The zero-order valence-electron chi connectivity index (χ0n) is 12.9. The normalized spacial score (nSPS) is 16.1. The van der Waals surface area contributed by atoms with Gasteiger partial charge in [-0.05, 0) is 35.7 Å². The lowest BCUT2D eigenvalue weighted by Gasteiger charge is -2.26. The topological polar surface area (TPSA) is 67.4 Å². The second-order valence-corrected chi connectivity index (χ2v) is 6.40. The number of carbonyl (C=O) groups excluding carboxylic acids is 2. The van der Waals surface area contributed by atoms with E-state index in [0.717, 1.165) is 16.5 Å². The minimum Gasteiger partial charge on any atom is -0.371 e. The summed E-state index contributed by atoms with van der Waals surface area (Å²) in [6.45, 7) is 0.879. The van der Waals surface area contributed by atoms with E-state index in [1.807, 2.05) is 24.3 Å². The highest BCUT2D eigenvalue weighted by Gasteiger charge is 2.22. The van der Waals surface area contributed by atoms with Gasteiger partial charge in [-0.3, -0.25) is 9.59 Å².